The molecule has 0 saturated heterocycles. The molecule has 1 aromatic heterocycles. The number of nitrogens with one attached hydrogen (secondary N) is 2. The zero-order chi connectivity index (χ0) is 17.6. The topological polar surface area (TPSA) is 49.8 Å². The Morgan fingerprint density at radius 2 is 1.61 bits per heavy atom. The van der Waals surface area contributed by atoms with Crippen molar-refractivity contribution in [3.05, 3.63) is 41.1 Å². The van der Waals surface area contributed by atoms with E-state index in [1.807, 2.05) is 27.0 Å². The predicted octanol–water partition coefficient (Wildman–Crippen LogP) is 5.38. The maximum atomic E-state index is 4.59. The second-order valence-electron chi connectivity index (χ2n) is 6.47. The summed E-state index contributed by atoms with van der Waals surface area (Å²) in [6.45, 7) is 16.5. The lowest BCUT2D eigenvalue weighted by molar-refractivity contribution is 0.626. The molecular weight excluding hydrogens is 284 g/mol. The SMILES string of the molecule is CC.Cc1cnc(NC(C)(C)C)nc1Nc1cccc(C)c1C. The van der Waals surface area contributed by atoms with Gasteiger partial charge in [-0.25, -0.2) is 4.98 Å². The second-order valence-corrected chi connectivity index (χ2v) is 6.47. The van der Waals surface area contributed by atoms with E-state index in [1.54, 1.807) is 0 Å². The molecular formula is C19H30N4. The Hall–Kier alpha value is -2.10. The van der Waals surface area contributed by atoms with E-state index in [-0.39, 0.29) is 5.54 Å². The smallest absolute Gasteiger partial charge is 0.225 e. The van der Waals surface area contributed by atoms with Gasteiger partial charge in [-0.15, -0.1) is 0 Å². The van der Waals surface area contributed by atoms with Crippen molar-refractivity contribution in [2.45, 2.75) is 60.9 Å². The number of aromatic nitrogens is 2. The molecule has 0 unspecified atom stereocenters. The molecule has 4 heteroatoms. The van der Waals surface area contributed by atoms with Crippen LogP contribution in [0.2, 0.25) is 0 Å². The third kappa shape index (κ3) is 5.55. The van der Waals surface area contributed by atoms with Gasteiger partial charge in [0.2, 0.25) is 5.95 Å². The van der Waals surface area contributed by atoms with E-state index in [0.717, 1.165) is 17.1 Å². The number of aryl methyl sites for hydroxylation is 2. The number of benzene rings is 1. The molecule has 0 aliphatic rings. The fraction of sp³-hybridized carbons (Fsp3) is 0.474. The van der Waals surface area contributed by atoms with Crippen molar-refractivity contribution in [2.75, 3.05) is 10.6 Å². The van der Waals surface area contributed by atoms with Crippen LogP contribution < -0.4 is 10.6 Å². The monoisotopic (exact) mass is 314 g/mol. The summed E-state index contributed by atoms with van der Waals surface area (Å²) in [7, 11) is 0. The van der Waals surface area contributed by atoms with Crippen LogP contribution >= 0.6 is 0 Å². The van der Waals surface area contributed by atoms with Crippen LogP contribution in [-0.4, -0.2) is 15.5 Å². The van der Waals surface area contributed by atoms with Gasteiger partial charge < -0.3 is 10.6 Å². The van der Waals surface area contributed by atoms with Gasteiger partial charge in [-0.2, -0.15) is 4.98 Å². The van der Waals surface area contributed by atoms with Crippen LogP contribution in [0.5, 0.6) is 0 Å². The number of anilines is 3. The summed E-state index contributed by atoms with van der Waals surface area (Å²) < 4.78 is 0. The molecule has 4 nitrogen and oxygen atoms in total. The zero-order valence-electron chi connectivity index (χ0n) is 15.7. The van der Waals surface area contributed by atoms with Crippen molar-refractivity contribution in [3.63, 3.8) is 0 Å². The van der Waals surface area contributed by atoms with Crippen LogP contribution in [0.15, 0.2) is 24.4 Å². The van der Waals surface area contributed by atoms with Crippen molar-refractivity contribution in [1.82, 2.24) is 9.97 Å². The molecule has 0 radical (unpaired) electrons. The number of hydrogen-bond donors (Lipinski definition) is 2. The van der Waals surface area contributed by atoms with Crippen molar-refractivity contribution in [1.29, 1.82) is 0 Å². The lowest BCUT2D eigenvalue weighted by Gasteiger charge is -2.21. The van der Waals surface area contributed by atoms with Crippen LogP contribution in [-0.2, 0) is 0 Å². The molecule has 0 spiro atoms. The van der Waals surface area contributed by atoms with Crippen LogP contribution in [0.1, 0.15) is 51.3 Å². The molecule has 0 atom stereocenters. The Bertz CT molecular complexity index is 642. The van der Waals surface area contributed by atoms with Gasteiger partial charge in [0.05, 0.1) is 0 Å². The molecule has 2 rings (SSSR count). The van der Waals surface area contributed by atoms with E-state index in [0.29, 0.717) is 5.95 Å². The number of hydrogen-bond acceptors (Lipinski definition) is 4. The fourth-order valence-corrected chi connectivity index (χ4v) is 1.98. The van der Waals surface area contributed by atoms with Crippen molar-refractivity contribution >= 4 is 17.5 Å². The first-order chi connectivity index (χ1) is 10.8. The highest BCUT2D eigenvalue weighted by molar-refractivity contribution is 5.64. The molecule has 0 bridgehead atoms. The lowest BCUT2D eigenvalue weighted by atomic mass is 10.1. The van der Waals surface area contributed by atoms with E-state index >= 15 is 0 Å². The lowest BCUT2D eigenvalue weighted by Crippen LogP contribution is -2.27. The molecule has 0 amide bonds. The summed E-state index contributed by atoms with van der Waals surface area (Å²) in [5, 5.41) is 6.71. The van der Waals surface area contributed by atoms with Gasteiger partial charge in [-0.3, -0.25) is 0 Å². The van der Waals surface area contributed by atoms with Gasteiger partial charge in [-0.1, -0.05) is 26.0 Å². The Balaban J connectivity index is 0.00000127. The van der Waals surface area contributed by atoms with Gasteiger partial charge in [0, 0.05) is 23.0 Å². The van der Waals surface area contributed by atoms with Gasteiger partial charge in [0.25, 0.3) is 0 Å². The third-order valence-corrected chi connectivity index (χ3v) is 3.32. The van der Waals surface area contributed by atoms with Crippen molar-refractivity contribution in [2.24, 2.45) is 0 Å². The largest absolute Gasteiger partial charge is 0.350 e. The molecule has 2 aromatic rings. The van der Waals surface area contributed by atoms with Crippen molar-refractivity contribution in [3.8, 4) is 0 Å². The zero-order valence-corrected chi connectivity index (χ0v) is 15.7. The maximum Gasteiger partial charge on any atom is 0.225 e. The van der Waals surface area contributed by atoms with Gasteiger partial charge in [0.1, 0.15) is 5.82 Å². The van der Waals surface area contributed by atoms with E-state index < -0.39 is 0 Å². The quantitative estimate of drug-likeness (QED) is 0.798. The highest BCUT2D eigenvalue weighted by Gasteiger charge is 2.13. The van der Waals surface area contributed by atoms with Crippen molar-refractivity contribution < 1.29 is 0 Å². The predicted molar refractivity (Wildman–Crippen MR) is 101 cm³/mol. The second kappa shape index (κ2) is 7.95. The molecule has 23 heavy (non-hydrogen) atoms. The minimum absolute atomic E-state index is 0.0637. The average molecular weight is 314 g/mol. The van der Waals surface area contributed by atoms with E-state index in [2.05, 4.69) is 73.4 Å². The minimum Gasteiger partial charge on any atom is -0.350 e. The summed E-state index contributed by atoms with van der Waals surface area (Å²) in [4.78, 5) is 8.93. The third-order valence-electron chi connectivity index (χ3n) is 3.32. The molecule has 1 aromatic carbocycles. The normalized spacial score (nSPS) is 10.6. The van der Waals surface area contributed by atoms with E-state index in [9.17, 15) is 0 Å². The molecule has 126 valence electrons. The highest BCUT2D eigenvalue weighted by atomic mass is 15.2. The average Bonchev–Trinajstić information content (AvgIpc) is 2.48. The first-order valence-corrected chi connectivity index (χ1v) is 8.21. The summed E-state index contributed by atoms with van der Waals surface area (Å²) in [5.74, 6) is 1.48. The Kier molecular flexibility index (Phi) is 6.55. The Morgan fingerprint density at radius 3 is 2.22 bits per heavy atom. The highest BCUT2D eigenvalue weighted by Crippen LogP contribution is 2.24. The molecule has 0 saturated carbocycles. The van der Waals surface area contributed by atoms with Gasteiger partial charge >= 0.3 is 0 Å². The van der Waals surface area contributed by atoms with Gasteiger partial charge in [0.15, 0.2) is 0 Å². The van der Waals surface area contributed by atoms with Crippen LogP contribution in [0.4, 0.5) is 17.5 Å². The maximum absolute atomic E-state index is 4.59. The Labute approximate surface area is 140 Å². The molecule has 0 aliphatic carbocycles. The summed E-state index contributed by atoms with van der Waals surface area (Å²) >= 11 is 0. The first kappa shape index (κ1) is 18.9. The molecule has 0 aliphatic heterocycles. The van der Waals surface area contributed by atoms with Crippen LogP contribution in [0.25, 0.3) is 0 Å². The molecule has 1 heterocycles. The van der Waals surface area contributed by atoms with E-state index in [4.69, 9.17) is 0 Å². The number of rotatable bonds is 3. The summed E-state index contributed by atoms with van der Waals surface area (Å²) in [6.07, 6.45) is 1.84. The minimum atomic E-state index is -0.0637. The molecule has 2 N–H and O–H groups in total. The van der Waals surface area contributed by atoms with E-state index in [1.165, 1.54) is 11.1 Å². The first-order valence-electron chi connectivity index (χ1n) is 8.21. The van der Waals surface area contributed by atoms with Crippen LogP contribution in [0.3, 0.4) is 0 Å². The van der Waals surface area contributed by atoms with Gasteiger partial charge in [-0.05, 0) is 58.7 Å². The summed E-state index contributed by atoms with van der Waals surface area (Å²) in [6, 6.07) is 6.23. The molecule has 0 fully saturated rings. The van der Waals surface area contributed by atoms with Crippen LogP contribution in [0, 0.1) is 20.8 Å². The fourth-order valence-electron chi connectivity index (χ4n) is 1.98. The summed E-state index contributed by atoms with van der Waals surface area (Å²) in [5.41, 5.74) is 4.54. The Morgan fingerprint density at radius 1 is 0.957 bits per heavy atom. The number of nitrogens with zero attached hydrogens (tertiary/aromatic N) is 2. The standard InChI is InChI=1S/C17H24N4.C2H6/c1-11-8-7-9-14(13(11)3)19-15-12(2)10-18-16(20-15)21-17(4,5)6;1-2/h7-10H,1-6H3,(H2,18,19,20,21);1-2H3.